The predicted octanol–water partition coefficient (Wildman–Crippen LogP) is 1.58. The van der Waals surface area contributed by atoms with Crippen LogP contribution in [0.2, 0.25) is 0 Å². The Balaban J connectivity index is 4.10. The third kappa shape index (κ3) is 3.50. The molecule has 7 heavy (non-hydrogen) atoms. The van der Waals surface area contributed by atoms with Crippen molar-refractivity contribution in [2.45, 2.75) is 0 Å². The summed E-state index contributed by atoms with van der Waals surface area (Å²) in [5.41, 5.74) is 0. The van der Waals surface area contributed by atoms with Crippen LogP contribution in [-0.2, 0) is 9.74 Å². The molecule has 0 aromatic rings. The van der Waals surface area contributed by atoms with Crippen molar-refractivity contribution in [3.8, 4) is 0 Å². The van der Waals surface area contributed by atoms with Gasteiger partial charge in [0.25, 0.3) is 0 Å². The van der Waals surface area contributed by atoms with Crippen molar-refractivity contribution in [2.24, 2.45) is 0 Å². The van der Waals surface area contributed by atoms with Crippen LogP contribution in [0.4, 0.5) is 0 Å². The molecule has 1 N–H and O–H groups in total. The third-order valence-electron chi connectivity index (χ3n) is 0.174. The maximum atomic E-state index is 9.65. The largest absolute Gasteiger partial charge is 0.310 e. The molecule has 0 aliphatic carbocycles. The Labute approximate surface area is 51.4 Å². The van der Waals surface area contributed by atoms with Crippen LogP contribution in [0.25, 0.3) is 0 Å². The summed E-state index contributed by atoms with van der Waals surface area (Å²) in [5.74, 6) is -2.27. The third-order valence-corrected chi connectivity index (χ3v) is 4.71. The van der Waals surface area contributed by atoms with Crippen LogP contribution in [0.5, 0.6) is 0 Å². The van der Waals surface area contributed by atoms with E-state index in [0.29, 0.717) is 0 Å². The van der Waals surface area contributed by atoms with E-state index in [0.717, 1.165) is 0 Å². The van der Waals surface area contributed by atoms with Gasteiger partial charge in [0, 0.05) is 0 Å². The van der Waals surface area contributed by atoms with Crippen LogP contribution in [-0.4, -0.2) is 13.0 Å². The molecule has 0 aromatic carbocycles. The van der Waals surface area contributed by atoms with Gasteiger partial charge in [-0.2, -0.15) is 8.42 Å². The normalized spacial score (nSPS) is 12.6. The average Bonchev–Trinajstić information content (AvgIpc) is 1.31. The van der Waals surface area contributed by atoms with Crippen LogP contribution in [0.3, 0.4) is 0 Å². The predicted molar refractivity (Wildman–Crippen MR) is 30.2 cm³/mol. The van der Waals surface area contributed by atoms with Crippen molar-refractivity contribution in [1.82, 2.24) is 0 Å². The van der Waals surface area contributed by atoms with Crippen molar-refractivity contribution in [2.75, 3.05) is 0 Å². The van der Waals surface area contributed by atoms with Crippen molar-refractivity contribution < 1.29 is 13.0 Å². The van der Waals surface area contributed by atoms with E-state index in [-0.39, 0.29) is 0 Å². The zero-order chi connectivity index (χ0) is 6.08. The Morgan fingerprint density at radius 2 is 1.57 bits per heavy atom. The van der Waals surface area contributed by atoms with Crippen LogP contribution in [0.1, 0.15) is 0 Å². The van der Waals surface area contributed by atoms with E-state index in [1.165, 1.54) is 0 Å². The molecule has 0 saturated heterocycles. The lowest BCUT2D eigenvalue weighted by Gasteiger charge is -1.88. The number of hydrogen-bond acceptors (Lipinski definition) is 2. The number of hydrogen-bond donors (Lipinski definition) is 1. The van der Waals surface area contributed by atoms with E-state index < -0.39 is 15.6 Å². The molecular weight excluding hydrogens is 182 g/mol. The molecule has 0 saturated carbocycles. The Morgan fingerprint density at radius 3 is 1.57 bits per heavy atom. The molecule has 0 amide bonds. The average molecular weight is 183 g/mol. The van der Waals surface area contributed by atoms with Gasteiger partial charge in [-0.25, -0.2) is 0 Å². The topological polar surface area (TPSA) is 54.4 Å². The van der Waals surface area contributed by atoms with Gasteiger partial charge in [0.1, 0.15) is 0 Å². The summed E-state index contributed by atoms with van der Waals surface area (Å²) < 4.78 is 27.1. The molecule has 0 rings (SSSR count). The summed E-state index contributed by atoms with van der Waals surface area (Å²) in [7, 11) is -4.15. The summed E-state index contributed by atoms with van der Waals surface area (Å²) in [5, 5.41) is 0. The second kappa shape index (κ2) is 2.46. The highest BCUT2D eigenvalue weighted by Gasteiger charge is 2.15. The van der Waals surface area contributed by atoms with Gasteiger partial charge in [0.2, 0.25) is 5.83 Å². The SMILES string of the molecule is O=S(=O)(O)P(Cl)Cl. The molecule has 0 aliphatic rings. The fourth-order valence-electron chi connectivity index (χ4n) is 0. The van der Waals surface area contributed by atoms with E-state index in [9.17, 15) is 8.42 Å². The van der Waals surface area contributed by atoms with Crippen molar-refractivity contribution in [3.05, 3.63) is 0 Å². The summed E-state index contributed by atoms with van der Waals surface area (Å²) in [4.78, 5) is 0. The van der Waals surface area contributed by atoms with Gasteiger partial charge in [-0.3, -0.25) is 4.55 Å². The molecule has 0 radical (unpaired) electrons. The summed E-state index contributed by atoms with van der Waals surface area (Å²) in [6, 6.07) is 0. The van der Waals surface area contributed by atoms with E-state index in [1.54, 1.807) is 0 Å². The lowest BCUT2D eigenvalue weighted by molar-refractivity contribution is 0.502. The minimum Gasteiger partial charge on any atom is -0.281 e. The second-order valence-corrected chi connectivity index (χ2v) is 8.18. The maximum absolute atomic E-state index is 9.65. The van der Waals surface area contributed by atoms with Gasteiger partial charge in [-0.05, 0) is 0 Å². The summed E-state index contributed by atoms with van der Waals surface area (Å²) in [6.45, 7) is 0. The van der Waals surface area contributed by atoms with Gasteiger partial charge in [0.05, 0.1) is 0 Å². The van der Waals surface area contributed by atoms with E-state index in [4.69, 9.17) is 27.0 Å². The Kier molecular flexibility index (Phi) is 2.79. The smallest absolute Gasteiger partial charge is 0.281 e. The molecule has 0 atom stereocenters. The van der Waals surface area contributed by atoms with Crippen LogP contribution in [0, 0.1) is 0 Å². The van der Waals surface area contributed by atoms with Crippen LogP contribution in [0.15, 0.2) is 0 Å². The standard InChI is InChI=1S/Cl2HO3PS/c1-6(2)7(3,4)5/h(H,3,4,5). The highest BCUT2D eigenvalue weighted by atomic mass is 35.9. The first kappa shape index (κ1) is 7.92. The highest BCUT2D eigenvalue weighted by Crippen LogP contribution is 2.51. The molecule has 3 nitrogen and oxygen atoms in total. The van der Waals surface area contributed by atoms with E-state index in [2.05, 4.69) is 0 Å². The monoisotopic (exact) mass is 182 g/mol. The molecule has 0 aromatic heterocycles. The molecular formula is HCl2O3PS. The van der Waals surface area contributed by atoms with Gasteiger partial charge >= 0.3 is 9.74 Å². The lowest BCUT2D eigenvalue weighted by Crippen LogP contribution is -1.84. The molecule has 44 valence electrons. The Bertz CT molecular complexity index is 135. The van der Waals surface area contributed by atoms with Gasteiger partial charge in [-0.1, -0.05) is 22.5 Å². The molecule has 0 bridgehead atoms. The zero-order valence-electron chi connectivity index (χ0n) is 2.88. The minimum atomic E-state index is -4.15. The minimum absolute atomic E-state index is 2.27. The van der Waals surface area contributed by atoms with E-state index in [1.807, 2.05) is 0 Å². The van der Waals surface area contributed by atoms with Gasteiger partial charge < -0.3 is 0 Å². The molecule has 7 heteroatoms. The first-order valence-corrected chi connectivity index (χ1v) is 6.23. The lowest BCUT2D eigenvalue weighted by atomic mass is 15.9. The maximum Gasteiger partial charge on any atom is 0.310 e. The molecule has 0 fully saturated rings. The van der Waals surface area contributed by atoms with E-state index >= 15 is 0 Å². The van der Waals surface area contributed by atoms with Crippen LogP contribution < -0.4 is 0 Å². The van der Waals surface area contributed by atoms with Crippen molar-refractivity contribution >= 4 is 38.0 Å². The molecule has 0 heterocycles. The van der Waals surface area contributed by atoms with Crippen molar-refractivity contribution in [3.63, 3.8) is 0 Å². The zero-order valence-corrected chi connectivity index (χ0v) is 6.10. The Hall–Kier alpha value is 0.920. The fraction of sp³-hybridized carbons (Fsp3) is 0. The molecule has 0 aliphatic heterocycles. The fourth-order valence-corrected chi connectivity index (χ4v) is 0. The first-order valence-electron chi connectivity index (χ1n) is 1.04. The van der Waals surface area contributed by atoms with Crippen LogP contribution >= 0.6 is 28.3 Å². The summed E-state index contributed by atoms with van der Waals surface area (Å²) in [6.07, 6.45) is 0. The molecule has 0 unspecified atom stereocenters. The highest BCUT2D eigenvalue weighted by molar-refractivity contribution is 8.63. The van der Waals surface area contributed by atoms with Gasteiger partial charge in [0.15, 0.2) is 0 Å². The van der Waals surface area contributed by atoms with Gasteiger partial charge in [-0.15, -0.1) is 0 Å². The van der Waals surface area contributed by atoms with Crippen molar-refractivity contribution in [1.29, 1.82) is 0 Å². The number of halogens is 2. The number of rotatable bonds is 1. The summed E-state index contributed by atoms with van der Waals surface area (Å²) >= 11 is 9.49. The quantitative estimate of drug-likeness (QED) is 0.495. The Morgan fingerprint density at radius 1 is 1.43 bits per heavy atom. The first-order chi connectivity index (χ1) is 2.94. The second-order valence-electron chi connectivity index (χ2n) is 0.650. The molecule has 0 spiro atoms.